The van der Waals surface area contributed by atoms with E-state index in [0.717, 1.165) is 4.80 Å². The van der Waals surface area contributed by atoms with Gasteiger partial charge in [-0.1, -0.05) is 30.3 Å². The summed E-state index contributed by atoms with van der Waals surface area (Å²) < 4.78 is 39.4. The van der Waals surface area contributed by atoms with Gasteiger partial charge in [0.05, 0.1) is 0 Å². The molecule has 1 aromatic carbocycles. The zero-order valence-electron chi connectivity index (χ0n) is 13.0. The van der Waals surface area contributed by atoms with Gasteiger partial charge in [0.2, 0.25) is 5.82 Å². The maximum atomic E-state index is 13.1. The summed E-state index contributed by atoms with van der Waals surface area (Å²) in [5, 5.41) is 24.8. The molecule has 1 aromatic heterocycles. The van der Waals surface area contributed by atoms with E-state index in [-0.39, 0.29) is 16.5 Å². The lowest BCUT2D eigenvalue weighted by atomic mass is 10.1. The molecule has 1 aliphatic heterocycles. The number of carbonyl (C=O) groups is 1. The first kappa shape index (κ1) is 17.0. The summed E-state index contributed by atoms with van der Waals surface area (Å²) in [4.78, 5) is 13.1. The van der Waals surface area contributed by atoms with Crippen molar-refractivity contribution in [3.8, 4) is 11.4 Å². The van der Waals surface area contributed by atoms with E-state index in [1.165, 1.54) is 6.92 Å². The number of tetrazole rings is 1. The predicted molar refractivity (Wildman–Crippen MR) is 78.8 cm³/mol. The summed E-state index contributed by atoms with van der Waals surface area (Å²) in [7, 11) is 0. The molecule has 8 nitrogen and oxygen atoms in total. The van der Waals surface area contributed by atoms with Gasteiger partial charge in [0, 0.05) is 17.7 Å². The average molecular weight is 354 g/mol. The van der Waals surface area contributed by atoms with Gasteiger partial charge in [-0.15, -0.1) is 10.2 Å². The number of carbonyl (C=O) groups excluding carboxylic acids is 1. The minimum atomic E-state index is -5.05. The molecule has 11 heteroatoms. The largest absolute Gasteiger partial charge is 0.438 e. The van der Waals surface area contributed by atoms with Crippen molar-refractivity contribution in [3.63, 3.8) is 0 Å². The lowest BCUT2D eigenvalue weighted by molar-refractivity contribution is -0.302. The highest BCUT2D eigenvalue weighted by Gasteiger charge is 2.62. The van der Waals surface area contributed by atoms with Gasteiger partial charge in [0.1, 0.15) is 6.54 Å². The second-order valence-electron chi connectivity index (χ2n) is 5.54. The fourth-order valence-electron chi connectivity index (χ4n) is 2.40. The molecule has 0 saturated carbocycles. The van der Waals surface area contributed by atoms with Crippen LogP contribution in [-0.2, 0) is 11.3 Å². The molecular weight excluding hydrogens is 341 g/mol. The van der Waals surface area contributed by atoms with Gasteiger partial charge in [-0.05, 0) is 12.1 Å². The van der Waals surface area contributed by atoms with Crippen molar-refractivity contribution < 1.29 is 23.1 Å². The van der Waals surface area contributed by atoms with E-state index in [1.54, 1.807) is 30.3 Å². The second kappa shape index (κ2) is 5.92. The third-order valence-corrected chi connectivity index (χ3v) is 3.58. The lowest BCUT2D eigenvalue weighted by Gasteiger charge is -2.32. The number of aromatic nitrogens is 4. The van der Waals surface area contributed by atoms with Crippen molar-refractivity contribution in [2.45, 2.75) is 31.8 Å². The van der Waals surface area contributed by atoms with Gasteiger partial charge in [0.25, 0.3) is 11.6 Å². The molecule has 1 aliphatic rings. The van der Waals surface area contributed by atoms with Crippen LogP contribution in [0.15, 0.2) is 35.4 Å². The first-order valence-electron chi connectivity index (χ1n) is 7.20. The van der Waals surface area contributed by atoms with Crippen LogP contribution in [-0.4, -0.2) is 53.8 Å². The molecule has 0 aliphatic carbocycles. The van der Waals surface area contributed by atoms with E-state index in [9.17, 15) is 23.1 Å². The van der Waals surface area contributed by atoms with Crippen LogP contribution in [0, 0.1) is 0 Å². The molecule has 1 unspecified atom stereocenters. The third kappa shape index (κ3) is 3.09. The van der Waals surface area contributed by atoms with E-state index in [0.29, 0.717) is 5.56 Å². The Morgan fingerprint density at radius 3 is 2.64 bits per heavy atom. The fourth-order valence-corrected chi connectivity index (χ4v) is 2.40. The summed E-state index contributed by atoms with van der Waals surface area (Å²) in [5.41, 5.74) is -2.73. The van der Waals surface area contributed by atoms with Gasteiger partial charge in [0.15, 0.2) is 0 Å². The minimum absolute atomic E-state index is 0.00954. The number of benzene rings is 1. The zero-order valence-corrected chi connectivity index (χ0v) is 13.0. The Labute approximate surface area is 139 Å². The summed E-state index contributed by atoms with van der Waals surface area (Å²) in [5.74, 6) is -0.880. The van der Waals surface area contributed by atoms with Crippen LogP contribution >= 0.6 is 0 Å². The first-order valence-corrected chi connectivity index (χ1v) is 7.20. The van der Waals surface area contributed by atoms with Gasteiger partial charge >= 0.3 is 6.18 Å². The van der Waals surface area contributed by atoms with Crippen molar-refractivity contribution in [1.29, 1.82) is 0 Å². The van der Waals surface area contributed by atoms with Gasteiger partial charge in [-0.3, -0.25) is 4.79 Å². The van der Waals surface area contributed by atoms with Crippen molar-refractivity contribution in [3.05, 3.63) is 30.3 Å². The Morgan fingerprint density at radius 2 is 2.00 bits per heavy atom. The molecule has 1 amide bonds. The molecule has 0 radical (unpaired) electrons. The number of rotatable bonds is 3. The highest BCUT2D eigenvalue weighted by atomic mass is 19.4. The predicted octanol–water partition coefficient (Wildman–Crippen LogP) is 1.20. The Bertz CT molecular complexity index is 819. The molecule has 2 aromatic rings. The van der Waals surface area contributed by atoms with Crippen LogP contribution < -0.4 is 0 Å². The Hall–Kier alpha value is -2.82. The molecular formula is C14H13F3N6O2. The quantitative estimate of drug-likeness (QED) is 0.893. The van der Waals surface area contributed by atoms with E-state index < -0.39 is 30.8 Å². The highest BCUT2D eigenvalue weighted by molar-refractivity contribution is 5.89. The van der Waals surface area contributed by atoms with Crippen molar-refractivity contribution in [2.24, 2.45) is 5.10 Å². The molecule has 0 fully saturated rings. The maximum Gasteiger partial charge on any atom is 0.438 e. The molecule has 2 heterocycles. The standard InChI is InChI=1S/C14H13F3N6O2/c1-9-7-13(25,14(15,16)17)23(19-9)11(24)8-22-20-12(18-21-22)10-5-3-2-4-6-10/h2-6,25H,7-8H2,1H3. The number of nitrogens with zero attached hydrogens (tertiary/aromatic N) is 6. The number of halogens is 3. The highest BCUT2D eigenvalue weighted by Crippen LogP contribution is 2.40. The summed E-state index contributed by atoms with van der Waals surface area (Å²) >= 11 is 0. The SMILES string of the molecule is CC1=NN(C(=O)Cn2nnc(-c3ccccc3)n2)C(O)(C(F)(F)F)C1. The number of hydrazone groups is 1. The van der Waals surface area contributed by atoms with Crippen LogP contribution in [0.5, 0.6) is 0 Å². The molecule has 1 N–H and O–H groups in total. The second-order valence-corrected chi connectivity index (χ2v) is 5.54. The lowest BCUT2D eigenvalue weighted by Crippen LogP contribution is -2.57. The van der Waals surface area contributed by atoms with Crippen LogP contribution in [0.4, 0.5) is 13.2 Å². The molecule has 132 valence electrons. The molecule has 3 rings (SSSR count). The van der Waals surface area contributed by atoms with Crippen LogP contribution in [0.3, 0.4) is 0 Å². The maximum absolute atomic E-state index is 13.1. The number of hydrogen-bond acceptors (Lipinski definition) is 6. The Balaban J connectivity index is 1.79. The molecule has 0 saturated heterocycles. The van der Waals surface area contributed by atoms with E-state index in [4.69, 9.17) is 0 Å². The average Bonchev–Trinajstić information content (AvgIpc) is 3.12. The first-order chi connectivity index (χ1) is 11.7. The van der Waals surface area contributed by atoms with Crippen LogP contribution in [0.1, 0.15) is 13.3 Å². The van der Waals surface area contributed by atoms with Crippen LogP contribution in [0.25, 0.3) is 11.4 Å². The van der Waals surface area contributed by atoms with E-state index in [1.807, 2.05) is 0 Å². The number of aliphatic hydroxyl groups is 1. The smallest absolute Gasteiger partial charge is 0.362 e. The van der Waals surface area contributed by atoms with Crippen molar-refractivity contribution in [2.75, 3.05) is 0 Å². The number of amides is 1. The Morgan fingerprint density at radius 1 is 1.32 bits per heavy atom. The third-order valence-electron chi connectivity index (χ3n) is 3.58. The Kier molecular flexibility index (Phi) is 4.03. The summed E-state index contributed by atoms with van der Waals surface area (Å²) in [6.07, 6.45) is -5.85. The van der Waals surface area contributed by atoms with Gasteiger partial charge in [-0.2, -0.15) is 28.1 Å². The van der Waals surface area contributed by atoms with Crippen molar-refractivity contribution >= 4 is 11.6 Å². The monoisotopic (exact) mass is 354 g/mol. The minimum Gasteiger partial charge on any atom is -0.362 e. The zero-order chi connectivity index (χ0) is 18.2. The van der Waals surface area contributed by atoms with Gasteiger partial charge < -0.3 is 5.11 Å². The summed E-state index contributed by atoms with van der Waals surface area (Å²) in [6.45, 7) is 0.653. The van der Waals surface area contributed by atoms with Crippen LogP contribution in [0.2, 0.25) is 0 Å². The molecule has 1 atom stereocenters. The molecule has 25 heavy (non-hydrogen) atoms. The van der Waals surface area contributed by atoms with E-state index >= 15 is 0 Å². The normalized spacial score (nSPS) is 20.7. The van der Waals surface area contributed by atoms with Gasteiger partial charge in [-0.25, -0.2) is 0 Å². The fraction of sp³-hybridized carbons (Fsp3) is 0.357. The molecule has 0 spiro atoms. The number of alkyl halides is 3. The van der Waals surface area contributed by atoms with E-state index in [2.05, 4.69) is 20.5 Å². The topological polar surface area (TPSA) is 96.5 Å². The summed E-state index contributed by atoms with van der Waals surface area (Å²) in [6, 6.07) is 8.75. The number of hydrogen-bond donors (Lipinski definition) is 1. The molecule has 0 bridgehead atoms. The van der Waals surface area contributed by atoms with Crippen molar-refractivity contribution in [1.82, 2.24) is 25.2 Å².